The molecule has 0 aliphatic rings. The van der Waals surface area contributed by atoms with Crippen LogP contribution >= 0.6 is 23.1 Å². The van der Waals surface area contributed by atoms with E-state index in [2.05, 4.69) is 30.6 Å². The van der Waals surface area contributed by atoms with Gasteiger partial charge in [0.15, 0.2) is 11.1 Å². The van der Waals surface area contributed by atoms with Crippen LogP contribution in [0.3, 0.4) is 0 Å². The molecule has 0 aromatic carbocycles. The van der Waals surface area contributed by atoms with Crippen LogP contribution in [0.4, 0.5) is 11.1 Å². The van der Waals surface area contributed by atoms with E-state index in [9.17, 15) is 9.90 Å². The van der Waals surface area contributed by atoms with Crippen molar-refractivity contribution in [1.82, 2.24) is 19.9 Å². The van der Waals surface area contributed by atoms with E-state index in [1.807, 2.05) is 5.38 Å². The number of pyridine rings is 1. The van der Waals surface area contributed by atoms with Crippen molar-refractivity contribution >= 4 is 40.1 Å². The molecule has 29 heavy (non-hydrogen) atoms. The minimum absolute atomic E-state index is 0.0772. The summed E-state index contributed by atoms with van der Waals surface area (Å²) in [5, 5.41) is 24.9. The van der Waals surface area contributed by atoms with Gasteiger partial charge in [0.25, 0.3) is 5.56 Å². The van der Waals surface area contributed by atoms with E-state index in [4.69, 9.17) is 11.1 Å². The Kier molecular flexibility index (Phi) is 7.03. The summed E-state index contributed by atoms with van der Waals surface area (Å²) < 4.78 is 0. The number of rotatable bonds is 9. The average molecular weight is 433 g/mol. The summed E-state index contributed by atoms with van der Waals surface area (Å²) in [6.45, 7) is 0.633. The Hall–Kier alpha value is -3.12. The average Bonchev–Trinajstić information content (AvgIpc) is 3.10. The van der Waals surface area contributed by atoms with Gasteiger partial charge >= 0.3 is 0 Å². The first-order valence-electron chi connectivity index (χ1n) is 8.59. The van der Waals surface area contributed by atoms with E-state index in [-0.39, 0.29) is 17.4 Å². The lowest BCUT2D eigenvalue weighted by Crippen LogP contribution is -2.20. The SMILES string of the molecule is N=C(N)Nc1nc(CSCCNc2ncc(Cc3ccnc(O)c3)c(=O)[nH]2)cs1. The fraction of sp³-hybridized carbons (Fsp3) is 0.235. The van der Waals surface area contributed by atoms with Crippen LogP contribution in [0.15, 0.2) is 34.7 Å². The van der Waals surface area contributed by atoms with Gasteiger partial charge in [-0.15, -0.1) is 11.3 Å². The summed E-state index contributed by atoms with van der Waals surface area (Å²) in [5.41, 5.74) is 7.26. The number of aromatic hydroxyl groups is 1. The van der Waals surface area contributed by atoms with Crippen LogP contribution < -0.4 is 21.9 Å². The molecule has 0 saturated heterocycles. The molecule has 7 N–H and O–H groups in total. The van der Waals surface area contributed by atoms with Gasteiger partial charge in [0.1, 0.15) is 0 Å². The fourth-order valence-electron chi connectivity index (χ4n) is 2.39. The molecule has 0 aliphatic carbocycles. The molecule has 152 valence electrons. The molecule has 0 fully saturated rings. The normalized spacial score (nSPS) is 10.6. The van der Waals surface area contributed by atoms with Crippen LogP contribution in [0.2, 0.25) is 0 Å². The van der Waals surface area contributed by atoms with Gasteiger partial charge in [0.05, 0.1) is 5.69 Å². The second-order valence-corrected chi connectivity index (χ2v) is 7.91. The van der Waals surface area contributed by atoms with Crippen molar-refractivity contribution in [3.8, 4) is 5.88 Å². The van der Waals surface area contributed by atoms with Crippen LogP contribution in [0.25, 0.3) is 0 Å². The van der Waals surface area contributed by atoms with Gasteiger partial charge in [-0.3, -0.25) is 15.2 Å². The molecule has 3 heterocycles. The van der Waals surface area contributed by atoms with Gasteiger partial charge in [-0.1, -0.05) is 0 Å². The van der Waals surface area contributed by atoms with Crippen LogP contribution in [0.5, 0.6) is 5.88 Å². The number of guanidine groups is 1. The quantitative estimate of drug-likeness (QED) is 0.167. The number of H-pyrrole nitrogens is 1. The molecule has 0 amide bonds. The Balaban J connectivity index is 1.43. The summed E-state index contributed by atoms with van der Waals surface area (Å²) in [5.74, 6) is 1.74. The third-order valence-electron chi connectivity index (χ3n) is 3.66. The lowest BCUT2D eigenvalue weighted by atomic mass is 10.1. The number of anilines is 2. The number of hydrogen-bond donors (Lipinski definition) is 6. The van der Waals surface area contributed by atoms with Crippen LogP contribution in [-0.4, -0.2) is 43.3 Å². The summed E-state index contributed by atoms with van der Waals surface area (Å²) in [6, 6.07) is 3.26. The van der Waals surface area contributed by atoms with Crippen molar-refractivity contribution in [2.24, 2.45) is 5.73 Å². The third kappa shape index (κ3) is 6.47. The van der Waals surface area contributed by atoms with Gasteiger partial charge in [-0.2, -0.15) is 11.8 Å². The Morgan fingerprint density at radius 1 is 1.41 bits per heavy atom. The summed E-state index contributed by atoms with van der Waals surface area (Å²) in [6.07, 6.45) is 3.39. The predicted octanol–water partition coefficient (Wildman–Crippen LogP) is 1.57. The third-order valence-corrected chi connectivity index (χ3v) is 5.46. The molecular formula is C17H20N8O2S2. The standard InChI is InChI=1S/C17H20N8O2S2/c18-15(19)25-17-23-12(9-29-17)8-28-4-3-21-16-22-7-11(14(27)24-16)5-10-1-2-20-13(26)6-10/h1-2,6-7,9H,3-5,8H2,(H,20,26)(H4,18,19,23,25)(H2,21,22,24,27). The van der Waals surface area contributed by atoms with Crippen molar-refractivity contribution in [3.63, 3.8) is 0 Å². The molecule has 0 atom stereocenters. The Morgan fingerprint density at radius 3 is 3.03 bits per heavy atom. The first-order chi connectivity index (χ1) is 14.0. The number of aromatic nitrogens is 4. The van der Waals surface area contributed by atoms with Gasteiger partial charge in [-0.25, -0.2) is 15.0 Å². The molecule has 0 bridgehead atoms. The van der Waals surface area contributed by atoms with Crippen molar-refractivity contribution in [1.29, 1.82) is 5.41 Å². The van der Waals surface area contributed by atoms with Gasteiger partial charge < -0.3 is 21.5 Å². The highest BCUT2D eigenvalue weighted by Gasteiger charge is 2.06. The molecule has 0 aliphatic heterocycles. The van der Waals surface area contributed by atoms with Gasteiger partial charge in [-0.05, 0) is 11.6 Å². The zero-order valence-corrected chi connectivity index (χ0v) is 16.9. The number of hydrogen-bond acceptors (Lipinski definition) is 9. The van der Waals surface area contributed by atoms with Crippen molar-refractivity contribution in [3.05, 3.63) is 57.1 Å². The minimum Gasteiger partial charge on any atom is -0.493 e. The van der Waals surface area contributed by atoms with Crippen molar-refractivity contribution in [2.45, 2.75) is 12.2 Å². The predicted molar refractivity (Wildman–Crippen MR) is 116 cm³/mol. The fourth-order valence-corrected chi connectivity index (χ4v) is 3.97. The van der Waals surface area contributed by atoms with E-state index < -0.39 is 0 Å². The van der Waals surface area contributed by atoms with E-state index in [0.29, 0.717) is 29.6 Å². The van der Waals surface area contributed by atoms with Crippen LogP contribution in [0, 0.1) is 5.41 Å². The lowest BCUT2D eigenvalue weighted by Gasteiger charge is -2.06. The van der Waals surface area contributed by atoms with E-state index >= 15 is 0 Å². The highest BCUT2D eigenvalue weighted by atomic mass is 32.2. The first kappa shape index (κ1) is 20.6. The number of nitrogens with zero attached hydrogens (tertiary/aromatic N) is 3. The molecule has 0 spiro atoms. The maximum atomic E-state index is 12.2. The highest BCUT2D eigenvalue weighted by molar-refractivity contribution is 7.98. The zero-order valence-electron chi connectivity index (χ0n) is 15.3. The summed E-state index contributed by atoms with van der Waals surface area (Å²) in [7, 11) is 0. The molecular weight excluding hydrogens is 412 g/mol. The zero-order chi connectivity index (χ0) is 20.6. The van der Waals surface area contributed by atoms with Gasteiger partial charge in [0.2, 0.25) is 11.8 Å². The monoisotopic (exact) mass is 432 g/mol. The second-order valence-electron chi connectivity index (χ2n) is 5.95. The molecule has 0 radical (unpaired) electrons. The molecule has 3 aromatic rings. The van der Waals surface area contributed by atoms with E-state index in [1.165, 1.54) is 29.8 Å². The van der Waals surface area contributed by atoms with E-state index in [0.717, 1.165) is 22.8 Å². The lowest BCUT2D eigenvalue weighted by molar-refractivity contribution is 0.453. The van der Waals surface area contributed by atoms with Crippen molar-refractivity contribution in [2.75, 3.05) is 22.9 Å². The Morgan fingerprint density at radius 2 is 2.28 bits per heavy atom. The Bertz CT molecular complexity index is 1040. The molecule has 0 unspecified atom stereocenters. The maximum Gasteiger partial charge on any atom is 0.255 e. The summed E-state index contributed by atoms with van der Waals surface area (Å²) >= 11 is 3.09. The second kappa shape index (κ2) is 9.89. The largest absolute Gasteiger partial charge is 0.493 e. The highest BCUT2D eigenvalue weighted by Crippen LogP contribution is 2.19. The number of thiazole rings is 1. The van der Waals surface area contributed by atoms with Crippen LogP contribution in [-0.2, 0) is 12.2 Å². The number of aromatic amines is 1. The number of nitrogens with one attached hydrogen (secondary N) is 4. The molecule has 10 nitrogen and oxygen atoms in total. The maximum absolute atomic E-state index is 12.2. The minimum atomic E-state index is -0.223. The molecule has 3 aromatic heterocycles. The molecule has 12 heteroatoms. The van der Waals surface area contributed by atoms with E-state index in [1.54, 1.807) is 17.8 Å². The number of thioether (sulfide) groups is 1. The van der Waals surface area contributed by atoms with Crippen molar-refractivity contribution < 1.29 is 5.11 Å². The summed E-state index contributed by atoms with van der Waals surface area (Å²) in [4.78, 5) is 27.2. The van der Waals surface area contributed by atoms with Gasteiger partial charge in [0, 0.05) is 53.9 Å². The molecule has 3 rings (SSSR count). The topological polar surface area (TPSA) is 166 Å². The number of nitrogens with two attached hydrogens (primary N) is 1. The van der Waals surface area contributed by atoms with Crippen LogP contribution in [0.1, 0.15) is 16.8 Å². The first-order valence-corrected chi connectivity index (χ1v) is 10.6. The molecule has 0 saturated carbocycles. The smallest absolute Gasteiger partial charge is 0.255 e. The Labute approximate surface area is 174 Å².